The van der Waals surface area contributed by atoms with Gasteiger partial charge in [0.1, 0.15) is 0 Å². The smallest absolute Gasteiger partial charge is 0.0911 e. The predicted octanol–water partition coefficient (Wildman–Crippen LogP) is 7.56. The minimum Gasteiger partial charge on any atom is -0.0911 e. The van der Waals surface area contributed by atoms with E-state index in [-0.39, 0.29) is 6.71 Å². The van der Waals surface area contributed by atoms with E-state index in [9.17, 15) is 0 Å². The largest absolute Gasteiger partial charge is 0.244 e. The Labute approximate surface area is 209 Å². The van der Waals surface area contributed by atoms with Crippen LogP contribution in [0.2, 0.25) is 0 Å². The molecule has 0 saturated heterocycles. The third-order valence-electron chi connectivity index (χ3n) is 6.26. The molecule has 3 aromatic rings. The molecule has 1 aliphatic heterocycles. The molecule has 160 valence electrons. The molecule has 1 heterocycles. The Kier molecular flexibility index (Phi) is 6.82. The van der Waals surface area contributed by atoms with Crippen LogP contribution in [-0.2, 0) is 0 Å². The van der Waals surface area contributed by atoms with Crippen LogP contribution in [0.25, 0.3) is 0 Å². The molecule has 0 aliphatic carbocycles. The van der Waals surface area contributed by atoms with Crippen LogP contribution in [0, 0.1) is 0 Å². The second-order valence-electron chi connectivity index (χ2n) is 9.48. The molecule has 3 aromatic carbocycles. The highest BCUT2D eigenvalue weighted by Gasteiger charge is 2.35. The normalized spacial score (nSPS) is 13.2. The monoisotopic (exact) mass is 554 g/mol. The van der Waals surface area contributed by atoms with Gasteiger partial charge in [0.05, 0.1) is 0 Å². The van der Waals surface area contributed by atoms with Crippen molar-refractivity contribution in [2.75, 3.05) is 0 Å². The van der Waals surface area contributed by atoms with Gasteiger partial charge in [0.2, 0.25) is 6.71 Å². The molecular formula is C27H29BBr2S. The first kappa shape index (κ1) is 23.2. The van der Waals surface area contributed by atoms with Gasteiger partial charge < -0.3 is 0 Å². The zero-order chi connectivity index (χ0) is 22.4. The molecule has 0 saturated carbocycles. The Morgan fingerprint density at radius 2 is 1.10 bits per heavy atom. The molecule has 0 nitrogen and oxygen atoms in total. The van der Waals surface area contributed by atoms with E-state index < -0.39 is 0 Å². The number of rotatable bonds is 4. The highest BCUT2D eigenvalue weighted by atomic mass is 79.9. The van der Waals surface area contributed by atoms with E-state index in [1.807, 2.05) is 11.8 Å². The SMILES string of the molecule is CC(C)c1cc(C(C)C)c(B2c3ccc(Br)cc3Sc3cc(Br)ccc32)c(C(C)C)c1. The summed E-state index contributed by atoms with van der Waals surface area (Å²) in [4.78, 5) is 2.70. The van der Waals surface area contributed by atoms with Gasteiger partial charge >= 0.3 is 0 Å². The van der Waals surface area contributed by atoms with Gasteiger partial charge in [-0.1, -0.05) is 126 Å². The Bertz CT molecular complexity index is 1050. The average molecular weight is 556 g/mol. The number of hydrogen-bond donors (Lipinski definition) is 0. The summed E-state index contributed by atoms with van der Waals surface area (Å²) in [7, 11) is 0. The first-order valence-corrected chi connectivity index (χ1v) is 13.5. The van der Waals surface area contributed by atoms with Crippen molar-refractivity contribution in [3.8, 4) is 0 Å². The van der Waals surface area contributed by atoms with Gasteiger partial charge in [-0.3, -0.25) is 0 Å². The fourth-order valence-corrected chi connectivity index (χ4v) is 6.85. The van der Waals surface area contributed by atoms with Gasteiger partial charge in [-0.05, 0) is 58.7 Å². The molecule has 0 spiro atoms. The summed E-state index contributed by atoms with van der Waals surface area (Å²) in [6.07, 6.45) is 0. The van der Waals surface area contributed by atoms with Gasteiger partial charge in [0, 0.05) is 18.7 Å². The first-order chi connectivity index (χ1) is 14.7. The summed E-state index contributed by atoms with van der Waals surface area (Å²) in [6.45, 7) is 14.2. The van der Waals surface area contributed by atoms with Crippen molar-refractivity contribution in [3.05, 3.63) is 74.2 Å². The number of fused-ring (bicyclic) bond motifs is 2. The summed E-state index contributed by atoms with van der Waals surface area (Å²) in [5.74, 6) is 1.47. The zero-order valence-electron chi connectivity index (χ0n) is 19.1. The van der Waals surface area contributed by atoms with Crippen molar-refractivity contribution in [3.63, 3.8) is 0 Å². The summed E-state index contributed by atoms with van der Waals surface area (Å²) in [5.41, 5.74) is 8.80. The van der Waals surface area contributed by atoms with Crippen LogP contribution in [0.5, 0.6) is 0 Å². The Balaban J connectivity index is 2.08. The number of hydrogen-bond acceptors (Lipinski definition) is 1. The molecule has 0 aromatic heterocycles. The van der Waals surface area contributed by atoms with Crippen LogP contribution in [0.1, 0.15) is 76.0 Å². The van der Waals surface area contributed by atoms with Gasteiger partial charge in [0.25, 0.3) is 0 Å². The highest BCUT2D eigenvalue weighted by Crippen LogP contribution is 2.35. The lowest BCUT2D eigenvalue weighted by molar-refractivity contribution is 0.812. The molecule has 0 radical (unpaired) electrons. The standard InChI is InChI=1S/C27H29BBr2S/c1-15(2)18-11-21(16(3)4)27(22(12-18)17(5)6)28-23-9-7-19(29)13-25(23)31-26-14-20(30)8-10-24(26)28/h7-17H,1-6H3. The van der Waals surface area contributed by atoms with Crippen LogP contribution in [0.4, 0.5) is 0 Å². The van der Waals surface area contributed by atoms with Gasteiger partial charge in [-0.15, -0.1) is 0 Å². The summed E-state index contributed by atoms with van der Waals surface area (Å²) >= 11 is 9.28. The molecular weight excluding hydrogens is 527 g/mol. The molecule has 0 bridgehead atoms. The molecule has 31 heavy (non-hydrogen) atoms. The topological polar surface area (TPSA) is 0 Å². The van der Waals surface area contributed by atoms with Crippen LogP contribution in [0.3, 0.4) is 0 Å². The van der Waals surface area contributed by atoms with E-state index in [1.54, 1.807) is 0 Å². The third kappa shape index (κ3) is 4.45. The molecule has 4 rings (SSSR count). The van der Waals surface area contributed by atoms with Crippen LogP contribution in [-0.4, -0.2) is 6.71 Å². The second kappa shape index (κ2) is 9.12. The lowest BCUT2D eigenvalue weighted by Crippen LogP contribution is -2.57. The Morgan fingerprint density at radius 3 is 1.48 bits per heavy atom. The van der Waals surface area contributed by atoms with Crippen LogP contribution in [0.15, 0.2) is 67.3 Å². The zero-order valence-corrected chi connectivity index (χ0v) is 23.1. The number of benzene rings is 3. The first-order valence-electron chi connectivity index (χ1n) is 11.1. The molecule has 4 heteroatoms. The Hall–Kier alpha value is -0.965. The van der Waals surface area contributed by atoms with Crippen molar-refractivity contribution in [1.82, 2.24) is 0 Å². The maximum Gasteiger partial charge on any atom is 0.244 e. The van der Waals surface area contributed by atoms with Crippen molar-refractivity contribution in [2.24, 2.45) is 0 Å². The molecule has 0 unspecified atom stereocenters. The molecule has 0 N–H and O–H groups in total. The van der Waals surface area contributed by atoms with Gasteiger partial charge in [-0.25, -0.2) is 0 Å². The van der Waals surface area contributed by atoms with Gasteiger partial charge in [0.15, 0.2) is 0 Å². The van der Waals surface area contributed by atoms with E-state index in [4.69, 9.17) is 0 Å². The summed E-state index contributed by atoms with van der Waals surface area (Å²) < 4.78 is 2.28. The van der Waals surface area contributed by atoms with E-state index in [1.165, 1.54) is 42.9 Å². The predicted molar refractivity (Wildman–Crippen MR) is 146 cm³/mol. The minimum atomic E-state index is 0.253. The Morgan fingerprint density at radius 1 is 0.645 bits per heavy atom. The van der Waals surface area contributed by atoms with Crippen molar-refractivity contribution in [1.29, 1.82) is 0 Å². The van der Waals surface area contributed by atoms with E-state index in [0.717, 1.165) is 8.95 Å². The molecule has 1 aliphatic rings. The fraction of sp³-hybridized carbons (Fsp3) is 0.333. The summed E-state index contributed by atoms with van der Waals surface area (Å²) in [6, 6.07) is 18.6. The van der Waals surface area contributed by atoms with Crippen molar-refractivity contribution >= 4 is 66.7 Å². The fourth-order valence-electron chi connectivity index (χ4n) is 4.61. The molecule has 0 atom stereocenters. The van der Waals surface area contributed by atoms with Crippen LogP contribution >= 0.6 is 43.6 Å². The molecule has 0 fully saturated rings. The van der Waals surface area contributed by atoms with E-state index >= 15 is 0 Å². The van der Waals surface area contributed by atoms with Crippen molar-refractivity contribution in [2.45, 2.75) is 69.1 Å². The van der Waals surface area contributed by atoms with E-state index in [0.29, 0.717) is 17.8 Å². The lowest BCUT2D eigenvalue weighted by atomic mass is 9.34. The van der Waals surface area contributed by atoms with E-state index in [2.05, 4.69) is 122 Å². The lowest BCUT2D eigenvalue weighted by Gasteiger charge is -2.32. The van der Waals surface area contributed by atoms with Crippen LogP contribution < -0.4 is 16.4 Å². The quantitative estimate of drug-likeness (QED) is 0.234. The minimum absolute atomic E-state index is 0.253. The van der Waals surface area contributed by atoms with Crippen molar-refractivity contribution < 1.29 is 0 Å². The second-order valence-corrected chi connectivity index (χ2v) is 12.4. The molecule has 0 amide bonds. The maximum absolute atomic E-state index is 3.70. The maximum atomic E-state index is 3.70. The summed E-state index contributed by atoms with van der Waals surface area (Å²) in [5, 5.41) is 0. The highest BCUT2D eigenvalue weighted by molar-refractivity contribution is 9.10. The third-order valence-corrected chi connectivity index (χ3v) is 8.39. The van der Waals surface area contributed by atoms with Gasteiger partial charge in [-0.2, -0.15) is 0 Å². The average Bonchev–Trinajstić information content (AvgIpc) is 2.70. The number of halogens is 2.